The molecule has 1 aliphatic rings. The van der Waals surface area contributed by atoms with Gasteiger partial charge in [-0.2, -0.15) is 0 Å². The van der Waals surface area contributed by atoms with Crippen LogP contribution in [0, 0.1) is 0 Å². The molecule has 0 aliphatic carbocycles. The zero-order valence-electron chi connectivity index (χ0n) is 15.9. The van der Waals surface area contributed by atoms with E-state index in [1.807, 2.05) is 49.4 Å². The predicted molar refractivity (Wildman–Crippen MR) is 121 cm³/mol. The Balaban J connectivity index is 0.00000280. The highest BCUT2D eigenvalue weighted by Crippen LogP contribution is 2.31. The van der Waals surface area contributed by atoms with Gasteiger partial charge in [0.15, 0.2) is 12.6 Å². The van der Waals surface area contributed by atoms with Crippen molar-refractivity contribution in [2.75, 3.05) is 31.1 Å². The minimum atomic E-state index is -0.00979. The summed E-state index contributed by atoms with van der Waals surface area (Å²) in [6, 6.07) is 13.4. The van der Waals surface area contributed by atoms with Crippen LogP contribution in [0.5, 0.6) is 5.75 Å². The van der Waals surface area contributed by atoms with Crippen LogP contribution in [0.4, 0.5) is 5.69 Å². The molecule has 3 rings (SSSR count). The Morgan fingerprint density at radius 1 is 1.21 bits per heavy atom. The molecule has 0 atom stereocenters. The number of hydrogen-bond acceptors (Lipinski definition) is 4. The lowest BCUT2D eigenvalue weighted by atomic mass is 10.2. The van der Waals surface area contributed by atoms with E-state index in [1.165, 1.54) is 0 Å². The molecular formula is C20H26IN5O2. The van der Waals surface area contributed by atoms with Crippen molar-refractivity contribution >= 4 is 41.5 Å². The lowest BCUT2D eigenvalue weighted by molar-refractivity contribution is -0.121. The first kappa shape index (κ1) is 21.9. The van der Waals surface area contributed by atoms with Crippen LogP contribution >= 0.6 is 24.0 Å². The lowest BCUT2D eigenvalue weighted by Gasteiger charge is -2.29. The maximum absolute atomic E-state index is 12.2. The van der Waals surface area contributed by atoms with E-state index in [-0.39, 0.29) is 36.5 Å². The van der Waals surface area contributed by atoms with Crippen LogP contribution in [0.1, 0.15) is 19.0 Å². The summed E-state index contributed by atoms with van der Waals surface area (Å²) in [5.74, 6) is 1.50. The van der Waals surface area contributed by atoms with E-state index in [1.54, 1.807) is 11.1 Å². The van der Waals surface area contributed by atoms with Gasteiger partial charge in [-0.25, -0.2) is 4.99 Å². The van der Waals surface area contributed by atoms with Crippen molar-refractivity contribution in [2.24, 2.45) is 4.99 Å². The normalized spacial score (nSPS) is 13.2. The summed E-state index contributed by atoms with van der Waals surface area (Å²) in [5.41, 5.74) is 1.76. The summed E-state index contributed by atoms with van der Waals surface area (Å²) in [5, 5.41) is 6.54. The van der Waals surface area contributed by atoms with Crippen LogP contribution < -0.4 is 20.3 Å². The van der Waals surface area contributed by atoms with Crippen LogP contribution in [0.25, 0.3) is 0 Å². The number of carbonyl (C=O) groups is 1. The van der Waals surface area contributed by atoms with Crippen molar-refractivity contribution in [3.63, 3.8) is 0 Å². The number of para-hydroxylation sites is 2. The number of ether oxygens (including phenoxy) is 1. The van der Waals surface area contributed by atoms with Crippen molar-refractivity contribution in [2.45, 2.75) is 19.9 Å². The maximum Gasteiger partial charge on any atom is 0.265 e. The molecule has 0 bridgehead atoms. The molecule has 2 N–H and O–H groups in total. The molecule has 1 amide bonds. The average Bonchev–Trinajstić information content (AvgIpc) is 2.71. The standard InChI is InChI=1S/C20H25N5O2.HI/c1-2-21-20(24-14-16-8-5-6-11-22-16)23-12-7-13-25-17-9-3-4-10-18(17)27-15-19(25)26;/h3-6,8-11H,2,7,12-15H2,1H3,(H2,21,23,24);1H. The Kier molecular flexibility index (Phi) is 8.99. The number of hydrogen-bond donors (Lipinski definition) is 2. The fourth-order valence-electron chi connectivity index (χ4n) is 2.84. The molecule has 0 saturated heterocycles. The SMILES string of the molecule is CCNC(=NCc1ccccn1)NCCCN1C(=O)COc2ccccc21.I. The third-order valence-corrected chi connectivity index (χ3v) is 4.13. The zero-order valence-corrected chi connectivity index (χ0v) is 18.3. The lowest BCUT2D eigenvalue weighted by Crippen LogP contribution is -2.42. The zero-order chi connectivity index (χ0) is 18.9. The molecule has 2 heterocycles. The summed E-state index contributed by atoms with van der Waals surface area (Å²) in [4.78, 5) is 22.8. The number of aliphatic imine (C=N–C) groups is 1. The number of guanidine groups is 1. The van der Waals surface area contributed by atoms with Gasteiger partial charge in [0.2, 0.25) is 0 Å². The van der Waals surface area contributed by atoms with Gasteiger partial charge in [-0.3, -0.25) is 9.78 Å². The molecule has 1 aromatic heterocycles. The van der Waals surface area contributed by atoms with Crippen molar-refractivity contribution in [3.05, 3.63) is 54.4 Å². The van der Waals surface area contributed by atoms with Gasteiger partial charge in [-0.05, 0) is 37.6 Å². The van der Waals surface area contributed by atoms with Gasteiger partial charge in [0.25, 0.3) is 5.91 Å². The van der Waals surface area contributed by atoms with E-state index >= 15 is 0 Å². The topological polar surface area (TPSA) is 78.9 Å². The number of fused-ring (bicyclic) bond motifs is 1. The first-order chi connectivity index (χ1) is 13.3. The molecule has 150 valence electrons. The van der Waals surface area contributed by atoms with Crippen LogP contribution in [-0.2, 0) is 11.3 Å². The summed E-state index contributed by atoms with van der Waals surface area (Å²) >= 11 is 0. The minimum Gasteiger partial charge on any atom is -0.482 e. The third-order valence-electron chi connectivity index (χ3n) is 4.13. The molecule has 0 unspecified atom stereocenters. The van der Waals surface area contributed by atoms with E-state index in [9.17, 15) is 4.79 Å². The molecular weight excluding hydrogens is 469 g/mol. The molecule has 28 heavy (non-hydrogen) atoms. The Labute approximate surface area is 182 Å². The van der Waals surface area contributed by atoms with Gasteiger partial charge in [-0.1, -0.05) is 18.2 Å². The van der Waals surface area contributed by atoms with Crippen LogP contribution in [0.3, 0.4) is 0 Å². The minimum absolute atomic E-state index is 0. The van der Waals surface area contributed by atoms with Crippen LogP contribution in [0.2, 0.25) is 0 Å². The molecule has 1 aromatic carbocycles. The molecule has 0 radical (unpaired) electrons. The number of rotatable bonds is 7. The maximum atomic E-state index is 12.2. The van der Waals surface area contributed by atoms with E-state index < -0.39 is 0 Å². The molecule has 2 aromatic rings. The number of carbonyl (C=O) groups excluding carboxylic acids is 1. The Hall–Kier alpha value is -2.36. The number of benzene rings is 1. The Morgan fingerprint density at radius 3 is 2.82 bits per heavy atom. The van der Waals surface area contributed by atoms with Gasteiger partial charge in [-0.15, -0.1) is 24.0 Å². The van der Waals surface area contributed by atoms with Gasteiger partial charge >= 0.3 is 0 Å². The quantitative estimate of drug-likeness (QED) is 0.267. The van der Waals surface area contributed by atoms with Crippen molar-refractivity contribution < 1.29 is 9.53 Å². The van der Waals surface area contributed by atoms with E-state index in [0.717, 1.165) is 36.1 Å². The predicted octanol–water partition coefficient (Wildman–Crippen LogP) is 2.57. The number of pyridine rings is 1. The smallest absolute Gasteiger partial charge is 0.265 e. The first-order valence-electron chi connectivity index (χ1n) is 9.22. The van der Waals surface area contributed by atoms with Gasteiger partial charge in [0.05, 0.1) is 17.9 Å². The van der Waals surface area contributed by atoms with Crippen LogP contribution in [0.15, 0.2) is 53.7 Å². The highest BCUT2D eigenvalue weighted by molar-refractivity contribution is 14.0. The molecule has 1 aliphatic heterocycles. The first-order valence-corrected chi connectivity index (χ1v) is 9.22. The van der Waals surface area contributed by atoms with Gasteiger partial charge in [0.1, 0.15) is 5.75 Å². The highest BCUT2D eigenvalue weighted by atomic mass is 127. The van der Waals surface area contributed by atoms with Crippen LogP contribution in [-0.4, -0.2) is 43.1 Å². The second-order valence-corrected chi connectivity index (χ2v) is 6.10. The third kappa shape index (κ3) is 6.08. The Bertz CT molecular complexity index is 785. The van der Waals surface area contributed by atoms with Gasteiger partial charge < -0.3 is 20.3 Å². The fraction of sp³-hybridized carbons (Fsp3) is 0.350. The fourth-order valence-corrected chi connectivity index (χ4v) is 2.84. The largest absolute Gasteiger partial charge is 0.482 e. The molecule has 0 saturated carbocycles. The summed E-state index contributed by atoms with van der Waals surface area (Å²) < 4.78 is 5.47. The Morgan fingerprint density at radius 2 is 2.04 bits per heavy atom. The van der Waals surface area contributed by atoms with Gasteiger partial charge in [0, 0.05) is 25.8 Å². The van der Waals surface area contributed by atoms with E-state index in [0.29, 0.717) is 19.6 Å². The highest BCUT2D eigenvalue weighted by Gasteiger charge is 2.24. The molecule has 0 fully saturated rings. The van der Waals surface area contributed by atoms with Crippen molar-refractivity contribution in [1.29, 1.82) is 0 Å². The number of nitrogens with zero attached hydrogens (tertiary/aromatic N) is 3. The second kappa shape index (κ2) is 11.5. The van der Waals surface area contributed by atoms with E-state index in [2.05, 4.69) is 20.6 Å². The summed E-state index contributed by atoms with van der Waals surface area (Å²) in [6.07, 6.45) is 2.57. The molecule has 7 nitrogen and oxygen atoms in total. The number of aromatic nitrogens is 1. The number of amides is 1. The summed E-state index contributed by atoms with van der Waals surface area (Å²) in [6.45, 7) is 4.77. The monoisotopic (exact) mass is 495 g/mol. The molecule has 0 spiro atoms. The average molecular weight is 495 g/mol. The van der Waals surface area contributed by atoms with E-state index in [4.69, 9.17) is 4.74 Å². The van der Waals surface area contributed by atoms with Crippen molar-refractivity contribution in [3.8, 4) is 5.75 Å². The molecule has 8 heteroatoms. The summed E-state index contributed by atoms with van der Waals surface area (Å²) in [7, 11) is 0. The number of nitrogens with one attached hydrogen (secondary N) is 2. The number of anilines is 1. The number of halogens is 1. The second-order valence-electron chi connectivity index (χ2n) is 6.10. The van der Waals surface area contributed by atoms with Crippen molar-refractivity contribution in [1.82, 2.24) is 15.6 Å².